The van der Waals surface area contributed by atoms with Gasteiger partial charge >= 0.3 is 0 Å². The van der Waals surface area contributed by atoms with Crippen LogP contribution in [0.3, 0.4) is 0 Å². The molecule has 1 aliphatic rings. The lowest BCUT2D eigenvalue weighted by Gasteiger charge is -2.11. The van der Waals surface area contributed by atoms with Crippen molar-refractivity contribution in [1.82, 2.24) is 5.32 Å². The van der Waals surface area contributed by atoms with Crippen LogP contribution in [0.4, 0.5) is 0 Å². The van der Waals surface area contributed by atoms with Gasteiger partial charge in [0.05, 0.1) is 0 Å². The van der Waals surface area contributed by atoms with Crippen molar-refractivity contribution < 1.29 is 4.21 Å². The summed E-state index contributed by atoms with van der Waals surface area (Å²) < 4.78 is 11.8. The quantitative estimate of drug-likeness (QED) is 0.728. The topological polar surface area (TPSA) is 29.1 Å². The van der Waals surface area contributed by atoms with Crippen LogP contribution in [-0.2, 0) is 10.8 Å². The zero-order chi connectivity index (χ0) is 11.1. The summed E-state index contributed by atoms with van der Waals surface area (Å²) in [5, 5.41) is 3.21. The van der Waals surface area contributed by atoms with Crippen LogP contribution in [0, 0.1) is 5.92 Å². The van der Waals surface area contributed by atoms with Crippen LogP contribution in [-0.4, -0.2) is 28.8 Å². The second-order valence-electron chi connectivity index (χ2n) is 4.79. The Morgan fingerprint density at radius 2 is 2.07 bits per heavy atom. The fraction of sp³-hybridized carbons (Fsp3) is 1.00. The standard InChI is InChI=1S/C12H25NOS/c1-11(13-2)6-5-9-15(14)10-12-7-3-4-8-12/h11-13H,3-10H2,1-2H3. The lowest BCUT2D eigenvalue weighted by Crippen LogP contribution is -2.21. The van der Waals surface area contributed by atoms with Crippen LogP contribution in [0.2, 0.25) is 0 Å². The van der Waals surface area contributed by atoms with Gasteiger partial charge < -0.3 is 5.32 Å². The highest BCUT2D eigenvalue weighted by molar-refractivity contribution is 7.84. The zero-order valence-corrected chi connectivity index (χ0v) is 10.9. The van der Waals surface area contributed by atoms with Gasteiger partial charge in [0, 0.05) is 28.3 Å². The van der Waals surface area contributed by atoms with E-state index in [0.29, 0.717) is 6.04 Å². The summed E-state index contributed by atoms with van der Waals surface area (Å²) in [5.41, 5.74) is 0. The molecular formula is C12H25NOS. The number of rotatable bonds is 7. The molecule has 15 heavy (non-hydrogen) atoms. The van der Waals surface area contributed by atoms with Crippen molar-refractivity contribution in [3.63, 3.8) is 0 Å². The Balaban J connectivity index is 2.02. The smallest absolute Gasteiger partial charge is 0.0263 e. The molecule has 2 nitrogen and oxygen atoms in total. The van der Waals surface area contributed by atoms with Crippen LogP contribution in [0.15, 0.2) is 0 Å². The highest BCUT2D eigenvalue weighted by atomic mass is 32.2. The second-order valence-corrected chi connectivity index (χ2v) is 6.41. The summed E-state index contributed by atoms with van der Waals surface area (Å²) in [5.74, 6) is 2.64. The third-order valence-electron chi connectivity index (χ3n) is 3.40. The van der Waals surface area contributed by atoms with E-state index in [2.05, 4.69) is 12.2 Å². The number of nitrogens with one attached hydrogen (secondary N) is 1. The van der Waals surface area contributed by atoms with Crippen molar-refractivity contribution >= 4 is 10.8 Å². The molecule has 1 aliphatic carbocycles. The van der Waals surface area contributed by atoms with Gasteiger partial charge in [0.2, 0.25) is 0 Å². The first-order chi connectivity index (χ1) is 7.22. The molecule has 1 rings (SSSR count). The average Bonchev–Trinajstić information content (AvgIpc) is 2.70. The molecule has 1 fully saturated rings. The Labute approximate surface area is 96.7 Å². The summed E-state index contributed by atoms with van der Waals surface area (Å²) in [6.07, 6.45) is 7.60. The summed E-state index contributed by atoms with van der Waals surface area (Å²) >= 11 is 0. The van der Waals surface area contributed by atoms with Gasteiger partial charge in [-0.2, -0.15) is 0 Å². The molecule has 1 N–H and O–H groups in total. The van der Waals surface area contributed by atoms with Gasteiger partial charge in [-0.1, -0.05) is 12.8 Å². The van der Waals surface area contributed by atoms with Crippen LogP contribution in [0.1, 0.15) is 45.4 Å². The Morgan fingerprint density at radius 3 is 2.67 bits per heavy atom. The Bertz CT molecular complexity index is 190. The second kappa shape index (κ2) is 7.39. The van der Waals surface area contributed by atoms with Gasteiger partial charge in [-0.05, 0) is 45.6 Å². The molecule has 0 aromatic heterocycles. The summed E-state index contributed by atoms with van der Waals surface area (Å²) in [4.78, 5) is 0. The predicted molar refractivity (Wildman–Crippen MR) is 67.6 cm³/mol. The first kappa shape index (κ1) is 13.2. The molecule has 0 aromatic carbocycles. The highest BCUT2D eigenvalue weighted by Gasteiger charge is 2.17. The van der Waals surface area contributed by atoms with Crippen molar-refractivity contribution in [3.05, 3.63) is 0 Å². The molecule has 0 amide bonds. The van der Waals surface area contributed by atoms with E-state index in [9.17, 15) is 4.21 Å². The minimum atomic E-state index is -0.556. The molecule has 0 heterocycles. The SMILES string of the molecule is CNC(C)CCCS(=O)CC1CCCC1. The predicted octanol–water partition coefficient (Wildman–Crippen LogP) is 2.31. The minimum Gasteiger partial charge on any atom is -0.317 e. The third kappa shape index (κ3) is 5.67. The average molecular weight is 231 g/mol. The largest absolute Gasteiger partial charge is 0.317 e. The maximum absolute atomic E-state index is 11.8. The van der Waals surface area contributed by atoms with E-state index in [0.717, 1.165) is 30.3 Å². The van der Waals surface area contributed by atoms with Crippen LogP contribution in [0.25, 0.3) is 0 Å². The first-order valence-corrected chi connectivity index (χ1v) is 7.73. The molecular weight excluding hydrogens is 206 g/mol. The van der Waals surface area contributed by atoms with E-state index < -0.39 is 10.8 Å². The minimum absolute atomic E-state index is 0.556. The van der Waals surface area contributed by atoms with Crippen LogP contribution in [0.5, 0.6) is 0 Å². The molecule has 3 heteroatoms. The van der Waals surface area contributed by atoms with Gasteiger partial charge in [-0.25, -0.2) is 0 Å². The van der Waals surface area contributed by atoms with Gasteiger partial charge in [0.25, 0.3) is 0 Å². The Kier molecular flexibility index (Phi) is 6.50. The van der Waals surface area contributed by atoms with E-state index in [-0.39, 0.29) is 0 Å². The molecule has 0 saturated heterocycles. The van der Waals surface area contributed by atoms with Crippen molar-refractivity contribution in [2.75, 3.05) is 18.6 Å². The molecule has 0 radical (unpaired) electrons. The summed E-state index contributed by atoms with van der Waals surface area (Å²) in [7, 11) is 1.43. The molecule has 0 aliphatic heterocycles. The van der Waals surface area contributed by atoms with Crippen molar-refractivity contribution in [3.8, 4) is 0 Å². The van der Waals surface area contributed by atoms with Gasteiger partial charge in [0.1, 0.15) is 0 Å². The summed E-state index contributed by atoms with van der Waals surface area (Å²) in [6.45, 7) is 2.18. The Hall–Kier alpha value is 0.110. The monoisotopic (exact) mass is 231 g/mol. The fourth-order valence-electron chi connectivity index (χ4n) is 2.22. The van der Waals surface area contributed by atoms with E-state index in [1.807, 2.05) is 7.05 Å². The lowest BCUT2D eigenvalue weighted by molar-refractivity contribution is 0.555. The fourth-order valence-corrected chi connectivity index (χ4v) is 3.73. The zero-order valence-electron chi connectivity index (χ0n) is 10.1. The van der Waals surface area contributed by atoms with Gasteiger partial charge in [-0.15, -0.1) is 0 Å². The van der Waals surface area contributed by atoms with Crippen molar-refractivity contribution in [1.29, 1.82) is 0 Å². The molecule has 90 valence electrons. The molecule has 2 atom stereocenters. The molecule has 0 spiro atoms. The molecule has 0 bridgehead atoms. The van der Waals surface area contributed by atoms with Gasteiger partial charge in [0.15, 0.2) is 0 Å². The maximum Gasteiger partial charge on any atom is 0.0263 e. The highest BCUT2D eigenvalue weighted by Crippen LogP contribution is 2.25. The van der Waals surface area contributed by atoms with E-state index in [4.69, 9.17) is 0 Å². The van der Waals surface area contributed by atoms with Crippen LogP contribution < -0.4 is 5.32 Å². The lowest BCUT2D eigenvalue weighted by atomic mass is 10.1. The van der Waals surface area contributed by atoms with Crippen molar-refractivity contribution in [2.45, 2.75) is 51.5 Å². The van der Waals surface area contributed by atoms with E-state index >= 15 is 0 Å². The normalized spacial score (nSPS) is 21.7. The third-order valence-corrected chi connectivity index (χ3v) is 4.99. The van der Waals surface area contributed by atoms with E-state index in [1.54, 1.807) is 0 Å². The van der Waals surface area contributed by atoms with Gasteiger partial charge in [-0.3, -0.25) is 4.21 Å². The van der Waals surface area contributed by atoms with Crippen LogP contribution >= 0.6 is 0 Å². The number of hydrogen-bond donors (Lipinski definition) is 1. The Morgan fingerprint density at radius 1 is 1.40 bits per heavy atom. The van der Waals surface area contributed by atoms with Crippen molar-refractivity contribution in [2.24, 2.45) is 5.92 Å². The summed E-state index contributed by atoms with van der Waals surface area (Å²) in [6, 6.07) is 0.563. The molecule has 0 aromatic rings. The molecule has 1 saturated carbocycles. The first-order valence-electron chi connectivity index (χ1n) is 6.24. The molecule has 2 unspecified atom stereocenters. The van der Waals surface area contributed by atoms with E-state index in [1.165, 1.54) is 25.7 Å². The number of hydrogen-bond acceptors (Lipinski definition) is 2. The maximum atomic E-state index is 11.8.